The van der Waals surface area contributed by atoms with Crippen LogP contribution in [-0.2, 0) is 4.79 Å². The molecule has 0 saturated carbocycles. The lowest BCUT2D eigenvalue weighted by atomic mass is 9.92. The molecule has 0 heterocycles. The van der Waals surface area contributed by atoms with Crippen molar-refractivity contribution in [1.82, 2.24) is 0 Å². The van der Waals surface area contributed by atoms with E-state index < -0.39 is 4.92 Å². The zero-order valence-electron chi connectivity index (χ0n) is 9.26. The van der Waals surface area contributed by atoms with Crippen LogP contribution < -0.4 is 0 Å². The molecule has 1 aromatic carbocycles. The molecule has 0 radical (unpaired) electrons. The molecule has 1 rings (SSSR count). The summed E-state index contributed by atoms with van der Waals surface area (Å²) in [5.74, 6) is 0.311. The first kappa shape index (κ1) is 12.4. The summed E-state index contributed by atoms with van der Waals surface area (Å²) >= 11 is 0. The second-order valence-corrected chi connectivity index (χ2v) is 3.70. The van der Waals surface area contributed by atoms with Crippen LogP contribution >= 0.6 is 0 Å². The van der Waals surface area contributed by atoms with E-state index in [0.717, 1.165) is 24.7 Å². The number of carbonyl (C=O) groups is 1. The maximum absolute atomic E-state index is 10.5. The molecule has 0 saturated heterocycles. The molecule has 1 atom stereocenters. The lowest BCUT2D eigenvalue weighted by molar-refractivity contribution is -0.384. The summed E-state index contributed by atoms with van der Waals surface area (Å²) in [7, 11) is 0. The van der Waals surface area contributed by atoms with Gasteiger partial charge in [0.2, 0.25) is 0 Å². The van der Waals surface area contributed by atoms with Crippen molar-refractivity contribution < 1.29 is 9.72 Å². The Labute approximate surface area is 94.4 Å². The predicted octanol–water partition coefficient (Wildman–Crippen LogP) is 3.07. The van der Waals surface area contributed by atoms with Crippen LogP contribution in [0.1, 0.15) is 37.7 Å². The molecule has 0 spiro atoms. The van der Waals surface area contributed by atoms with Gasteiger partial charge in [-0.1, -0.05) is 19.1 Å². The molecule has 0 aliphatic heterocycles. The van der Waals surface area contributed by atoms with E-state index >= 15 is 0 Å². The Morgan fingerprint density at radius 1 is 1.38 bits per heavy atom. The number of nitro benzene ring substituents is 1. The number of nitrogens with zero attached hydrogens (tertiary/aromatic N) is 1. The molecule has 0 aliphatic rings. The average molecular weight is 221 g/mol. The molecule has 4 heteroatoms. The van der Waals surface area contributed by atoms with E-state index in [9.17, 15) is 14.9 Å². The molecule has 0 aliphatic carbocycles. The van der Waals surface area contributed by atoms with E-state index in [1.807, 2.05) is 0 Å². The lowest BCUT2D eigenvalue weighted by Gasteiger charge is -2.13. The normalized spacial score (nSPS) is 12.1. The maximum atomic E-state index is 10.5. The Bertz CT molecular complexity index is 359. The highest BCUT2D eigenvalue weighted by Gasteiger charge is 2.11. The Balaban J connectivity index is 2.77. The highest BCUT2D eigenvalue weighted by molar-refractivity contribution is 5.49. The van der Waals surface area contributed by atoms with Gasteiger partial charge in [-0.3, -0.25) is 10.1 Å². The average Bonchev–Trinajstić information content (AvgIpc) is 2.30. The first-order chi connectivity index (χ1) is 7.69. The number of benzene rings is 1. The van der Waals surface area contributed by atoms with Crippen LogP contribution in [0.3, 0.4) is 0 Å². The largest absolute Gasteiger partial charge is 0.303 e. The van der Waals surface area contributed by atoms with Gasteiger partial charge in [-0.25, -0.2) is 0 Å². The van der Waals surface area contributed by atoms with Gasteiger partial charge in [0.25, 0.3) is 5.69 Å². The monoisotopic (exact) mass is 221 g/mol. The third kappa shape index (κ3) is 3.15. The van der Waals surface area contributed by atoms with Crippen LogP contribution in [0.5, 0.6) is 0 Å². The topological polar surface area (TPSA) is 60.2 Å². The summed E-state index contributed by atoms with van der Waals surface area (Å²) in [6, 6.07) is 6.58. The fraction of sp³-hybridized carbons (Fsp3) is 0.417. The second kappa shape index (κ2) is 6.00. The number of hydrogen-bond donors (Lipinski definition) is 0. The van der Waals surface area contributed by atoms with Gasteiger partial charge >= 0.3 is 0 Å². The van der Waals surface area contributed by atoms with Crippen molar-refractivity contribution >= 4 is 12.0 Å². The van der Waals surface area contributed by atoms with E-state index in [-0.39, 0.29) is 5.69 Å². The van der Waals surface area contributed by atoms with Crippen LogP contribution in [0.2, 0.25) is 0 Å². The Hall–Kier alpha value is -1.71. The van der Waals surface area contributed by atoms with Crippen molar-refractivity contribution in [1.29, 1.82) is 0 Å². The molecule has 1 aromatic rings. The zero-order chi connectivity index (χ0) is 12.0. The second-order valence-electron chi connectivity index (χ2n) is 3.70. The van der Waals surface area contributed by atoms with Gasteiger partial charge < -0.3 is 4.79 Å². The number of hydrogen-bond acceptors (Lipinski definition) is 3. The maximum Gasteiger partial charge on any atom is 0.269 e. The SMILES string of the molecule is CC[C@H](CCC=O)c1ccc([N+](=O)[O-])cc1. The van der Waals surface area contributed by atoms with E-state index in [2.05, 4.69) is 6.92 Å². The Kier molecular flexibility index (Phi) is 4.64. The van der Waals surface area contributed by atoms with Gasteiger partial charge in [-0.05, 0) is 24.3 Å². The first-order valence-electron chi connectivity index (χ1n) is 5.37. The molecule has 16 heavy (non-hydrogen) atoms. The van der Waals surface area contributed by atoms with Crippen molar-refractivity contribution in [2.75, 3.05) is 0 Å². The summed E-state index contributed by atoms with van der Waals surface area (Å²) in [5.41, 5.74) is 1.17. The smallest absolute Gasteiger partial charge is 0.269 e. The van der Waals surface area contributed by atoms with Gasteiger partial charge in [0, 0.05) is 18.6 Å². The predicted molar refractivity (Wildman–Crippen MR) is 61.4 cm³/mol. The minimum absolute atomic E-state index is 0.106. The third-order valence-corrected chi connectivity index (χ3v) is 2.70. The molecule has 86 valence electrons. The van der Waals surface area contributed by atoms with Crippen LogP contribution in [0, 0.1) is 10.1 Å². The fourth-order valence-corrected chi connectivity index (χ4v) is 1.74. The summed E-state index contributed by atoms with van der Waals surface area (Å²) in [4.78, 5) is 20.4. The Morgan fingerprint density at radius 2 is 2.00 bits per heavy atom. The van der Waals surface area contributed by atoms with E-state index in [4.69, 9.17) is 0 Å². The molecule has 0 amide bonds. The van der Waals surface area contributed by atoms with Gasteiger partial charge in [0.05, 0.1) is 4.92 Å². The fourth-order valence-electron chi connectivity index (χ4n) is 1.74. The summed E-state index contributed by atoms with van der Waals surface area (Å²) in [5, 5.41) is 10.5. The van der Waals surface area contributed by atoms with Crippen molar-refractivity contribution in [3.8, 4) is 0 Å². The van der Waals surface area contributed by atoms with Gasteiger partial charge in [0.1, 0.15) is 6.29 Å². The van der Waals surface area contributed by atoms with Gasteiger partial charge in [-0.2, -0.15) is 0 Å². The van der Waals surface area contributed by atoms with Crippen molar-refractivity contribution in [3.63, 3.8) is 0 Å². The molecule has 0 bridgehead atoms. The van der Waals surface area contributed by atoms with Crippen LogP contribution in [0.4, 0.5) is 5.69 Å². The van der Waals surface area contributed by atoms with Crippen molar-refractivity contribution in [2.45, 2.75) is 32.1 Å². The molecule has 0 fully saturated rings. The number of non-ortho nitro benzene ring substituents is 1. The van der Waals surface area contributed by atoms with Crippen molar-refractivity contribution in [3.05, 3.63) is 39.9 Å². The standard InChI is InChI=1S/C12H15NO3/c1-2-10(4-3-9-14)11-5-7-12(8-6-11)13(15)16/h5-10H,2-4H2,1H3/t10-/m1/s1. The lowest BCUT2D eigenvalue weighted by Crippen LogP contribution is -1.98. The van der Waals surface area contributed by atoms with E-state index in [0.29, 0.717) is 12.3 Å². The van der Waals surface area contributed by atoms with Crippen LogP contribution in [-0.4, -0.2) is 11.2 Å². The summed E-state index contributed by atoms with van der Waals surface area (Å²) in [6.07, 6.45) is 3.19. The highest BCUT2D eigenvalue weighted by atomic mass is 16.6. The molecule has 0 aromatic heterocycles. The van der Waals surface area contributed by atoms with Crippen LogP contribution in [0.25, 0.3) is 0 Å². The van der Waals surface area contributed by atoms with E-state index in [1.54, 1.807) is 12.1 Å². The summed E-state index contributed by atoms with van der Waals surface area (Å²) in [6.45, 7) is 2.05. The zero-order valence-corrected chi connectivity index (χ0v) is 9.26. The first-order valence-corrected chi connectivity index (χ1v) is 5.37. The molecular weight excluding hydrogens is 206 g/mol. The molecule has 0 unspecified atom stereocenters. The minimum Gasteiger partial charge on any atom is -0.303 e. The highest BCUT2D eigenvalue weighted by Crippen LogP contribution is 2.25. The van der Waals surface area contributed by atoms with Gasteiger partial charge in [0.15, 0.2) is 0 Å². The number of nitro groups is 1. The summed E-state index contributed by atoms with van der Waals surface area (Å²) < 4.78 is 0. The number of aldehydes is 1. The number of rotatable bonds is 6. The van der Waals surface area contributed by atoms with Crippen molar-refractivity contribution in [2.24, 2.45) is 0 Å². The molecule has 0 N–H and O–H groups in total. The van der Waals surface area contributed by atoms with Gasteiger partial charge in [-0.15, -0.1) is 0 Å². The third-order valence-electron chi connectivity index (χ3n) is 2.70. The Morgan fingerprint density at radius 3 is 2.44 bits per heavy atom. The molecule has 4 nitrogen and oxygen atoms in total. The quantitative estimate of drug-likeness (QED) is 0.421. The molecular formula is C12H15NO3. The van der Waals surface area contributed by atoms with Crippen LogP contribution in [0.15, 0.2) is 24.3 Å². The van der Waals surface area contributed by atoms with E-state index in [1.165, 1.54) is 12.1 Å². The minimum atomic E-state index is -0.407. The number of carbonyl (C=O) groups excluding carboxylic acids is 1.